The van der Waals surface area contributed by atoms with Gasteiger partial charge in [0, 0.05) is 13.1 Å². The van der Waals surface area contributed by atoms with Gasteiger partial charge in [-0.25, -0.2) is 9.97 Å². The van der Waals surface area contributed by atoms with Crippen LogP contribution in [0.2, 0.25) is 0 Å². The number of ether oxygens (including phenoxy) is 1. The largest absolute Gasteiger partial charge is 0.484 e. The van der Waals surface area contributed by atoms with Crippen molar-refractivity contribution in [2.24, 2.45) is 11.8 Å². The predicted octanol–water partition coefficient (Wildman–Crippen LogP) is 2.70. The second-order valence-electron chi connectivity index (χ2n) is 7.43. The third-order valence-electron chi connectivity index (χ3n) is 3.77. The van der Waals surface area contributed by atoms with Crippen molar-refractivity contribution in [2.75, 3.05) is 35.8 Å². The quantitative estimate of drug-likeness (QED) is 0.539. The molecule has 8 heteroatoms. The number of benzene rings is 1. The molecule has 0 saturated carbocycles. The summed E-state index contributed by atoms with van der Waals surface area (Å²) in [5, 5.41) is 0. The minimum atomic E-state index is -0.343. The third-order valence-corrected chi connectivity index (χ3v) is 3.77. The molecule has 28 heavy (non-hydrogen) atoms. The summed E-state index contributed by atoms with van der Waals surface area (Å²) in [7, 11) is 0. The van der Waals surface area contributed by atoms with E-state index in [9.17, 15) is 4.79 Å². The van der Waals surface area contributed by atoms with Gasteiger partial charge in [-0.15, -0.1) is 0 Å². The van der Waals surface area contributed by atoms with Crippen LogP contribution in [0.1, 0.15) is 27.7 Å². The molecule has 0 saturated heterocycles. The van der Waals surface area contributed by atoms with E-state index in [4.69, 9.17) is 10.5 Å². The Labute approximate surface area is 166 Å². The number of nitrogens with two attached hydrogens (primary N) is 1. The number of rotatable bonds is 10. The van der Waals surface area contributed by atoms with Crippen LogP contribution in [-0.4, -0.2) is 35.6 Å². The van der Waals surface area contributed by atoms with Crippen molar-refractivity contribution in [3.8, 4) is 5.75 Å². The summed E-state index contributed by atoms with van der Waals surface area (Å²) < 4.78 is 5.41. The fraction of sp³-hybridized carbons (Fsp3) is 0.450. The second-order valence-corrected chi connectivity index (χ2v) is 7.43. The molecule has 1 amide bonds. The Morgan fingerprint density at radius 1 is 1.11 bits per heavy atom. The van der Waals surface area contributed by atoms with Crippen molar-refractivity contribution in [1.82, 2.24) is 15.4 Å². The van der Waals surface area contributed by atoms with E-state index >= 15 is 0 Å². The van der Waals surface area contributed by atoms with Crippen LogP contribution >= 0.6 is 0 Å². The Bertz CT molecular complexity index is 742. The smallest absolute Gasteiger partial charge is 0.276 e. The van der Waals surface area contributed by atoms with Crippen molar-refractivity contribution in [3.05, 3.63) is 36.7 Å². The van der Waals surface area contributed by atoms with E-state index in [1.54, 1.807) is 12.1 Å². The van der Waals surface area contributed by atoms with Gasteiger partial charge in [0.2, 0.25) is 0 Å². The number of carbonyl (C=O) groups excluding carboxylic acids is 1. The van der Waals surface area contributed by atoms with Gasteiger partial charge in [-0.3, -0.25) is 15.6 Å². The van der Waals surface area contributed by atoms with Gasteiger partial charge in [0.1, 0.15) is 17.8 Å². The van der Waals surface area contributed by atoms with Crippen molar-refractivity contribution >= 4 is 23.2 Å². The van der Waals surface area contributed by atoms with Gasteiger partial charge < -0.3 is 15.4 Å². The average molecular weight is 387 g/mol. The van der Waals surface area contributed by atoms with Crippen LogP contribution in [-0.2, 0) is 4.79 Å². The molecule has 1 aromatic heterocycles. The summed E-state index contributed by atoms with van der Waals surface area (Å²) in [5.41, 5.74) is 12.0. The van der Waals surface area contributed by atoms with Crippen LogP contribution in [0.5, 0.6) is 5.75 Å². The fourth-order valence-corrected chi connectivity index (χ4v) is 2.70. The maximum Gasteiger partial charge on any atom is 0.276 e. The van der Waals surface area contributed by atoms with Crippen LogP contribution in [0, 0.1) is 11.8 Å². The second kappa shape index (κ2) is 10.3. The first-order valence-corrected chi connectivity index (χ1v) is 9.45. The van der Waals surface area contributed by atoms with E-state index in [-0.39, 0.29) is 12.5 Å². The monoisotopic (exact) mass is 386 g/mol. The van der Waals surface area contributed by atoms with Gasteiger partial charge in [-0.1, -0.05) is 45.9 Å². The van der Waals surface area contributed by atoms with E-state index in [2.05, 4.69) is 53.4 Å². The topological polar surface area (TPSA) is 105 Å². The zero-order valence-corrected chi connectivity index (χ0v) is 17.0. The molecule has 0 aliphatic rings. The van der Waals surface area contributed by atoms with Crippen molar-refractivity contribution in [1.29, 1.82) is 0 Å². The van der Waals surface area contributed by atoms with E-state index in [1.807, 2.05) is 18.2 Å². The molecule has 0 aliphatic heterocycles. The first-order valence-electron chi connectivity index (χ1n) is 9.45. The molecule has 0 atom stereocenters. The van der Waals surface area contributed by atoms with Gasteiger partial charge in [0.25, 0.3) is 5.91 Å². The Hall–Kier alpha value is -3.03. The maximum absolute atomic E-state index is 12.0. The molecule has 152 valence electrons. The third kappa shape index (κ3) is 6.61. The molecule has 0 spiro atoms. The van der Waals surface area contributed by atoms with Gasteiger partial charge in [-0.2, -0.15) is 0 Å². The zero-order valence-electron chi connectivity index (χ0n) is 17.0. The van der Waals surface area contributed by atoms with E-state index in [0.29, 0.717) is 34.9 Å². The Morgan fingerprint density at radius 2 is 1.75 bits per heavy atom. The first kappa shape index (κ1) is 21.3. The zero-order chi connectivity index (χ0) is 20.5. The molecule has 4 N–H and O–H groups in total. The van der Waals surface area contributed by atoms with Crippen molar-refractivity contribution < 1.29 is 9.53 Å². The Morgan fingerprint density at radius 3 is 2.36 bits per heavy atom. The van der Waals surface area contributed by atoms with Crippen LogP contribution in [0.4, 0.5) is 17.3 Å². The molecule has 1 heterocycles. The predicted molar refractivity (Wildman–Crippen MR) is 112 cm³/mol. The number of para-hydroxylation sites is 1. The normalized spacial score (nSPS) is 10.8. The summed E-state index contributed by atoms with van der Waals surface area (Å²) in [6, 6.07) is 9.13. The molecule has 2 rings (SSSR count). The van der Waals surface area contributed by atoms with Crippen molar-refractivity contribution in [2.45, 2.75) is 27.7 Å². The van der Waals surface area contributed by atoms with Gasteiger partial charge >= 0.3 is 0 Å². The first-order chi connectivity index (χ1) is 13.4. The number of aromatic nitrogens is 2. The fourth-order valence-electron chi connectivity index (χ4n) is 2.70. The highest BCUT2D eigenvalue weighted by atomic mass is 16.5. The molecular formula is C20H30N6O2. The van der Waals surface area contributed by atoms with E-state index in [1.165, 1.54) is 6.33 Å². The van der Waals surface area contributed by atoms with Crippen LogP contribution in [0.3, 0.4) is 0 Å². The summed E-state index contributed by atoms with van der Waals surface area (Å²) in [6.45, 7) is 10.1. The standard InChI is InChI=1S/C20H30N6O2/c1-14(2)10-26(11-15(3)4)20-18(21)19(22-13-23-20)25-24-17(27)12-28-16-8-6-5-7-9-16/h5-9,13-15H,10-12,21H2,1-4H3,(H,24,27)(H,22,23,25). The number of hydrazine groups is 1. The molecule has 8 nitrogen and oxygen atoms in total. The van der Waals surface area contributed by atoms with Crippen molar-refractivity contribution in [3.63, 3.8) is 0 Å². The van der Waals surface area contributed by atoms with Crippen LogP contribution < -0.4 is 26.2 Å². The molecule has 2 aromatic rings. The highest BCUT2D eigenvalue weighted by Gasteiger charge is 2.17. The Kier molecular flexibility index (Phi) is 7.86. The lowest BCUT2D eigenvalue weighted by Crippen LogP contribution is -2.35. The number of nitrogens with one attached hydrogen (secondary N) is 2. The number of hydrogen-bond acceptors (Lipinski definition) is 7. The lowest BCUT2D eigenvalue weighted by Gasteiger charge is -2.28. The summed E-state index contributed by atoms with van der Waals surface area (Å²) >= 11 is 0. The molecule has 0 fully saturated rings. The Balaban J connectivity index is 1.99. The van der Waals surface area contributed by atoms with Crippen LogP contribution in [0.25, 0.3) is 0 Å². The van der Waals surface area contributed by atoms with Crippen LogP contribution in [0.15, 0.2) is 36.7 Å². The number of nitrogen functional groups attached to an aromatic ring is 1. The highest BCUT2D eigenvalue weighted by molar-refractivity contribution is 5.81. The lowest BCUT2D eigenvalue weighted by atomic mass is 10.1. The number of nitrogens with zero attached hydrogens (tertiary/aromatic N) is 3. The number of carbonyl (C=O) groups is 1. The SMILES string of the molecule is CC(C)CN(CC(C)C)c1ncnc(NNC(=O)COc2ccccc2)c1N. The summed E-state index contributed by atoms with van der Waals surface area (Å²) in [5.74, 6) is 2.22. The van der Waals surface area contributed by atoms with Gasteiger partial charge in [0.15, 0.2) is 18.2 Å². The minimum Gasteiger partial charge on any atom is -0.484 e. The molecule has 0 radical (unpaired) electrons. The summed E-state index contributed by atoms with van der Waals surface area (Å²) in [6.07, 6.45) is 1.44. The maximum atomic E-state index is 12.0. The number of anilines is 3. The molecule has 0 aliphatic carbocycles. The number of hydrogen-bond donors (Lipinski definition) is 3. The average Bonchev–Trinajstić information content (AvgIpc) is 2.65. The van der Waals surface area contributed by atoms with Gasteiger partial charge in [0.05, 0.1) is 0 Å². The molecule has 0 bridgehead atoms. The van der Waals surface area contributed by atoms with E-state index < -0.39 is 0 Å². The van der Waals surface area contributed by atoms with Gasteiger partial charge in [-0.05, 0) is 24.0 Å². The lowest BCUT2D eigenvalue weighted by molar-refractivity contribution is -0.122. The molecule has 0 unspecified atom stereocenters. The summed E-state index contributed by atoms with van der Waals surface area (Å²) in [4.78, 5) is 22.7. The molecule has 1 aromatic carbocycles. The highest BCUT2D eigenvalue weighted by Crippen LogP contribution is 2.27. The number of amides is 1. The van der Waals surface area contributed by atoms with E-state index in [0.717, 1.165) is 13.1 Å². The minimum absolute atomic E-state index is 0.123. The molecular weight excluding hydrogens is 356 g/mol.